The zero-order chi connectivity index (χ0) is 17.4. The number of benzene rings is 1. The van der Waals surface area contributed by atoms with Crippen molar-refractivity contribution < 1.29 is 9.59 Å². The van der Waals surface area contributed by atoms with Crippen molar-refractivity contribution in [3.63, 3.8) is 0 Å². The lowest BCUT2D eigenvalue weighted by atomic mass is 10.1. The molecule has 7 heteroatoms. The Morgan fingerprint density at radius 3 is 2.68 bits per heavy atom. The second-order valence-corrected chi connectivity index (χ2v) is 6.37. The lowest BCUT2D eigenvalue weighted by molar-refractivity contribution is -0.121. The van der Waals surface area contributed by atoms with Crippen LogP contribution < -0.4 is 4.90 Å². The maximum Gasteiger partial charge on any atom is 0.332 e. The minimum Gasteiger partial charge on any atom is -0.309 e. The average Bonchev–Trinajstić information content (AvgIpc) is 3.18. The molecule has 7 nitrogen and oxygen atoms in total. The summed E-state index contributed by atoms with van der Waals surface area (Å²) in [5.74, 6) is -0.134. The van der Waals surface area contributed by atoms with Crippen molar-refractivity contribution in [2.45, 2.75) is 26.1 Å². The smallest absolute Gasteiger partial charge is 0.309 e. The van der Waals surface area contributed by atoms with Gasteiger partial charge in [0, 0.05) is 38.9 Å². The third-order valence-corrected chi connectivity index (χ3v) is 4.91. The molecule has 0 saturated carbocycles. The third kappa shape index (κ3) is 2.70. The maximum absolute atomic E-state index is 12.8. The number of aryl methyl sites for hydroxylation is 1. The van der Waals surface area contributed by atoms with Gasteiger partial charge in [-0.05, 0) is 25.1 Å². The lowest BCUT2D eigenvalue weighted by Gasteiger charge is -2.35. The van der Waals surface area contributed by atoms with E-state index in [1.807, 2.05) is 28.9 Å². The van der Waals surface area contributed by atoms with Gasteiger partial charge in [-0.1, -0.05) is 18.2 Å². The summed E-state index contributed by atoms with van der Waals surface area (Å²) in [6.07, 6.45) is 1.80. The van der Waals surface area contributed by atoms with E-state index in [4.69, 9.17) is 0 Å². The van der Waals surface area contributed by atoms with Crippen LogP contribution in [0.3, 0.4) is 0 Å². The molecule has 4 rings (SSSR count). The molecule has 2 aromatic rings. The number of carbonyl (C=O) groups is 2. The molecule has 0 N–H and O–H groups in total. The van der Waals surface area contributed by atoms with Crippen LogP contribution in [0, 0.1) is 0 Å². The van der Waals surface area contributed by atoms with E-state index in [0.717, 1.165) is 25.3 Å². The first-order valence-corrected chi connectivity index (χ1v) is 8.61. The van der Waals surface area contributed by atoms with Gasteiger partial charge in [0.25, 0.3) is 5.91 Å². The monoisotopic (exact) mass is 339 g/mol. The van der Waals surface area contributed by atoms with Crippen molar-refractivity contribution in [2.75, 3.05) is 24.5 Å². The minimum atomic E-state index is -0.403. The molecule has 2 saturated heterocycles. The molecule has 130 valence electrons. The summed E-state index contributed by atoms with van der Waals surface area (Å²) >= 11 is 0. The van der Waals surface area contributed by atoms with E-state index in [1.54, 1.807) is 23.2 Å². The number of imide groups is 1. The number of carbonyl (C=O) groups excluding carboxylic acids is 2. The number of para-hydroxylation sites is 1. The van der Waals surface area contributed by atoms with Crippen LogP contribution in [0.15, 0.2) is 42.6 Å². The van der Waals surface area contributed by atoms with E-state index < -0.39 is 6.04 Å². The highest BCUT2D eigenvalue weighted by atomic mass is 16.2. The quantitative estimate of drug-likeness (QED) is 0.793. The van der Waals surface area contributed by atoms with Gasteiger partial charge in [0.15, 0.2) is 0 Å². The fourth-order valence-electron chi connectivity index (χ4n) is 3.62. The summed E-state index contributed by atoms with van der Waals surface area (Å²) in [7, 11) is 0. The normalized spacial score (nSPS) is 21.1. The van der Waals surface area contributed by atoms with Crippen molar-refractivity contribution in [1.29, 1.82) is 0 Å². The molecule has 2 aliphatic rings. The van der Waals surface area contributed by atoms with Crippen molar-refractivity contribution in [3.05, 3.63) is 48.3 Å². The molecule has 0 unspecified atom stereocenters. The Kier molecular flexibility index (Phi) is 4.01. The Balaban J connectivity index is 1.51. The van der Waals surface area contributed by atoms with E-state index in [0.29, 0.717) is 18.8 Å². The van der Waals surface area contributed by atoms with Crippen LogP contribution in [0.25, 0.3) is 0 Å². The number of hydrogen-bond acceptors (Lipinski definition) is 4. The van der Waals surface area contributed by atoms with E-state index in [-0.39, 0.29) is 11.9 Å². The highest BCUT2D eigenvalue weighted by Crippen LogP contribution is 2.27. The predicted molar refractivity (Wildman–Crippen MR) is 93.0 cm³/mol. The van der Waals surface area contributed by atoms with Gasteiger partial charge >= 0.3 is 6.03 Å². The minimum absolute atomic E-state index is 0.134. The number of anilines is 1. The second-order valence-electron chi connectivity index (χ2n) is 6.37. The Bertz CT molecular complexity index is 788. The molecule has 25 heavy (non-hydrogen) atoms. The highest BCUT2D eigenvalue weighted by Gasteiger charge is 2.48. The molecular weight excluding hydrogens is 318 g/mol. The molecule has 0 aliphatic carbocycles. The maximum atomic E-state index is 12.8. The molecule has 2 aliphatic heterocycles. The fourth-order valence-corrected chi connectivity index (χ4v) is 3.62. The summed E-state index contributed by atoms with van der Waals surface area (Å²) in [6, 6.07) is 10.5. The molecule has 0 radical (unpaired) electrons. The van der Waals surface area contributed by atoms with E-state index in [2.05, 4.69) is 16.9 Å². The number of fused-ring (bicyclic) bond motifs is 1. The SMILES string of the molecule is CCn1nccc1CN1CCN2C(=O)N(c3ccccc3)C(=O)[C@H]2C1. The zero-order valence-corrected chi connectivity index (χ0v) is 14.2. The van der Waals surface area contributed by atoms with Crippen LogP contribution in [-0.2, 0) is 17.9 Å². The fraction of sp³-hybridized carbons (Fsp3) is 0.389. The number of piperazine rings is 1. The van der Waals surface area contributed by atoms with Crippen molar-refractivity contribution >= 4 is 17.6 Å². The van der Waals surface area contributed by atoms with Gasteiger partial charge < -0.3 is 4.90 Å². The summed E-state index contributed by atoms with van der Waals surface area (Å²) in [6.45, 7) is 5.51. The predicted octanol–water partition coefficient (Wildman–Crippen LogP) is 1.56. The Labute approximate surface area is 146 Å². The average molecular weight is 339 g/mol. The first-order valence-electron chi connectivity index (χ1n) is 8.61. The van der Waals surface area contributed by atoms with Crippen LogP contribution in [-0.4, -0.2) is 57.2 Å². The Hall–Kier alpha value is -2.67. The molecule has 2 fully saturated rings. The van der Waals surface area contributed by atoms with E-state index in [1.165, 1.54) is 4.90 Å². The first kappa shape index (κ1) is 15.8. The number of hydrogen-bond donors (Lipinski definition) is 0. The number of aromatic nitrogens is 2. The highest BCUT2D eigenvalue weighted by molar-refractivity contribution is 6.21. The molecule has 3 amide bonds. The van der Waals surface area contributed by atoms with Crippen LogP contribution in [0.5, 0.6) is 0 Å². The van der Waals surface area contributed by atoms with Crippen LogP contribution in [0.4, 0.5) is 10.5 Å². The van der Waals surface area contributed by atoms with E-state index >= 15 is 0 Å². The van der Waals surface area contributed by atoms with Gasteiger partial charge in [0.1, 0.15) is 6.04 Å². The van der Waals surface area contributed by atoms with Gasteiger partial charge in [-0.15, -0.1) is 0 Å². The van der Waals surface area contributed by atoms with E-state index in [9.17, 15) is 9.59 Å². The van der Waals surface area contributed by atoms with Gasteiger partial charge in [-0.3, -0.25) is 14.4 Å². The number of rotatable bonds is 4. The molecule has 3 heterocycles. The molecular formula is C18H21N5O2. The topological polar surface area (TPSA) is 61.7 Å². The van der Waals surface area contributed by atoms with Gasteiger partial charge in [0.2, 0.25) is 0 Å². The molecule has 1 atom stereocenters. The zero-order valence-electron chi connectivity index (χ0n) is 14.2. The van der Waals surface area contributed by atoms with Crippen LogP contribution in [0.1, 0.15) is 12.6 Å². The second kappa shape index (κ2) is 6.33. The summed E-state index contributed by atoms with van der Waals surface area (Å²) in [5.41, 5.74) is 1.77. The summed E-state index contributed by atoms with van der Waals surface area (Å²) in [5, 5.41) is 4.30. The van der Waals surface area contributed by atoms with Gasteiger partial charge in [-0.2, -0.15) is 5.10 Å². The molecule has 1 aromatic carbocycles. The molecule has 0 bridgehead atoms. The molecule has 1 aromatic heterocycles. The van der Waals surface area contributed by atoms with Gasteiger partial charge in [0.05, 0.1) is 11.4 Å². The number of amides is 3. The van der Waals surface area contributed by atoms with Crippen molar-refractivity contribution in [3.8, 4) is 0 Å². The van der Waals surface area contributed by atoms with Crippen molar-refractivity contribution in [2.24, 2.45) is 0 Å². The Morgan fingerprint density at radius 2 is 1.92 bits per heavy atom. The molecule has 0 spiro atoms. The first-order chi connectivity index (χ1) is 12.2. The summed E-state index contributed by atoms with van der Waals surface area (Å²) in [4.78, 5) is 30.7. The Morgan fingerprint density at radius 1 is 1.12 bits per heavy atom. The number of nitrogens with zero attached hydrogens (tertiary/aromatic N) is 5. The van der Waals surface area contributed by atoms with Gasteiger partial charge in [-0.25, -0.2) is 9.69 Å². The number of urea groups is 1. The largest absolute Gasteiger partial charge is 0.332 e. The van der Waals surface area contributed by atoms with Crippen LogP contribution >= 0.6 is 0 Å². The lowest BCUT2D eigenvalue weighted by Crippen LogP contribution is -2.52. The van der Waals surface area contributed by atoms with Crippen LogP contribution in [0.2, 0.25) is 0 Å². The third-order valence-electron chi connectivity index (χ3n) is 4.91. The van der Waals surface area contributed by atoms with Crippen molar-refractivity contribution in [1.82, 2.24) is 19.6 Å². The summed E-state index contributed by atoms with van der Waals surface area (Å²) < 4.78 is 1.96. The standard InChI is InChI=1S/C18H21N5O2/c1-2-22-15(8-9-19-22)12-20-10-11-21-16(13-20)17(24)23(18(21)25)14-6-4-3-5-7-14/h3-9,16H,2,10-13H2,1H3/t16-/m1/s1.